The summed E-state index contributed by atoms with van der Waals surface area (Å²) >= 11 is 0. The molecule has 1 saturated heterocycles. The monoisotopic (exact) mass is 320 g/mol. The predicted molar refractivity (Wildman–Crippen MR) is 90.3 cm³/mol. The van der Waals surface area contributed by atoms with E-state index >= 15 is 0 Å². The van der Waals surface area contributed by atoms with Crippen LogP contribution in [0.15, 0.2) is 18.2 Å². The lowest BCUT2D eigenvalue weighted by atomic mass is 10.1. The summed E-state index contributed by atoms with van der Waals surface area (Å²) in [5.74, 6) is 1.71. The van der Waals surface area contributed by atoms with E-state index in [-0.39, 0.29) is 6.04 Å². The first-order valence-corrected chi connectivity index (χ1v) is 8.61. The van der Waals surface area contributed by atoms with Gasteiger partial charge >= 0.3 is 0 Å². The van der Waals surface area contributed by atoms with Gasteiger partial charge in [0.25, 0.3) is 0 Å². The molecule has 1 N–H and O–H groups in total. The van der Waals surface area contributed by atoms with Crippen LogP contribution in [-0.2, 0) is 4.74 Å². The number of hydrogen-bond acceptors (Lipinski definition) is 5. The van der Waals surface area contributed by atoms with Crippen molar-refractivity contribution >= 4 is 0 Å². The summed E-state index contributed by atoms with van der Waals surface area (Å²) in [7, 11) is 0. The van der Waals surface area contributed by atoms with Gasteiger partial charge in [-0.1, -0.05) is 6.07 Å². The molecule has 0 aliphatic carbocycles. The second-order valence-electron chi connectivity index (χ2n) is 6.54. The van der Waals surface area contributed by atoms with Crippen molar-refractivity contribution in [1.82, 2.24) is 10.2 Å². The van der Waals surface area contributed by atoms with Gasteiger partial charge in [-0.25, -0.2) is 0 Å². The fourth-order valence-corrected chi connectivity index (χ4v) is 3.31. The van der Waals surface area contributed by atoms with Gasteiger partial charge in [-0.05, 0) is 38.5 Å². The summed E-state index contributed by atoms with van der Waals surface area (Å²) in [6, 6.07) is 7.49. The third-order valence-corrected chi connectivity index (χ3v) is 4.77. The van der Waals surface area contributed by atoms with E-state index in [1.54, 1.807) is 0 Å². The number of hydrogen-bond donors (Lipinski definition) is 1. The fourth-order valence-electron chi connectivity index (χ4n) is 3.31. The Hall–Kier alpha value is -1.30. The first kappa shape index (κ1) is 16.6. The molecule has 3 rings (SSSR count). The lowest BCUT2D eigenvalue weighted by Gasteiger charge is -2.38. The third kappa shape index (κ3) is 3.97. The Morgan fingerprint density at radius 1 is 1.17 bits per heavy atom. The molecule has 2 aliphatic heterocycles. The van der Waals surface area contributed by atoms with Gasteiger partial charge in [0.15, 0.2) is 11.5 Å². The fraction of sp³-hybridized carbons (Fsp3) is 0.667. The van der Waals surface area contributed by atoms with Crippen molar-refractivity contribution in [2.45, 2.75) is 38.9 Å². The summed E-state index contributed by atoms with van der Waals surface area (Å²) in [4.78, 5) is 2.52. The van der Waals surface area contributed by atoms with Crippen molar-refractivity contribution in [3.8, 4) is 11.5 Å². The van der Waals surface area contributed by atoms with Crippen molar-refractivity contribution in [3.63, 3.8) is 0 Å². The Morgan fingerprint density at radius 3 is 2.74 bits per heavy atom. The lowest BCUT2D eigenvalue weighted by molar-refractivity contribution is -0.0184. The summed E-state index contributed by atoms with van der Waals surface area (Å²) in [6.07, 6.45) is 0. The quantitative estimate of drug-likeness (QED) is 0.901. The van der Waals surface area contributed by atoms with Gasteiger partial charge in [-0.3, -0.25) is 4.90 Å². The van der Waals surface area contributed by atoms with E-state index in [0.29, 0.717) is 25.3 Å². The molecule has 23 heavy (non-hydrogen) atoms. The Labute approximate surface area is 138 Å². The maximum absolute atomic E-state index is 5.67. The van der Waals surface area contributed by atoms with Crippen LogP contribution >= 0.6 is 0 Å². The molecule has 0 unspecified atom stereocenters. The highest BCUT2D eigenvalue weighted by Gasteiger charge is 2.24. The predicted octanol–water partition coefficient (Wildman–Crippen LogP) is 2.22. The maximum atomic E-state index is 5.67. The molecule has 3 atom stereocenters. The van der Waals surface area contributed by atoms with E-state index in [4.69, 9.17) is 14.2 Å². The van der Waals surface area contributed by atoms with E-state index < -0.39 is 0 Å². The molecule has 0 amide bonds. The number of fused-ring (bicyclic) bond motifs is 1. The molecule has 1 aromatic carbocycles. The van der Waals surface area contributed by atoms with Crippen molar-refractivity contribution < 1.29 is 14.2 Å². The van der Waals surface area contributed by atoms with Gasteiger partial charge in [-0.15, -0.1) is 0 Å². The van der Waals surface area contributed by atoms with Crippen molar-refractivity contribution in [2.24, 2.45) is 0 Å². The van der Waals surface area contributed by atoms with Crippen molar-refractivity contribution in [2.75, 3.05) is 39.5 Å². The van der Waals surface area contributed by atoms with Crippen LogP contribution in [0.1, 0.15) is 32.4 Å². The van der Waals surface area contributed by atoms with Crippen LogP contribution in [0.2, 0.25) is 0 Å². The number of benzene rings is 1. The molecular formula is C18H28N2O3. The minimum absolute atomic E-state index is 0.282. The molecule has 5 heteroatoms. The Bertz CT molecular complexity index is 523. The Morgan fingerprint density at radius 2 is 1.96 bits per heavy atom. The standard InChI is InChI=1S/C18H28N2O3/c1-13(20-6-7-21-12-14(20)2)11-19-15(3)16-4-5-17-18(10-16)23-9-8-22-17/h4-5,10,13-15,19H,6-9,11-12H2,1-3H3/t13-,14+,15+/m1/s1. The molecule has 1 fully saturated rings. The lowest BCUT2D eigenvalue weighted by Crippen LogP contribution is -2.51. The number of nitrogens with one attached hydrogen (secondary N) is 1. The zero-order valence-corrected chi connectivity index (χ0v) is 14.4. The van der Waals surface area contributed by atoms with E-state index in [2.05, 4.69) is 43.1 Å². The molecule has 128 valence electrons. The first-order chi connectivity index (χ1) is 11.1. The molecule has 0 aromatic heterocycles. The largest absolute Gasteiger partial charge is 0.486 e. The maximum Gasteiger partial charge on any atom is 0.161 e. The smallest absolute Gasteiger partial charge is 0.161 e. The molecule has 5 nitrogen and oxygen atoms in total. The van der Waals surface area contributed by atoms with Gasteiger partial charge in [0.2, 0.25) is 0 Å². The molecule has 2 heterocycles. The van der Waals surface area contributed by atoms with Crippen LogP contribution in [0.4, 0.5) is 0 Å². The van der Waals surface area contributed by atoms with E-state index in [0.717, 1.165) is 37.8 Å². The summed E-state index contributed by atoms with van der Waals surface area (Å²) in [6.45, 7) is 11.6. The number of morpholine rings is 1. The first-order valence-electron chi connectivity index (χ1n) is 8.61. The Kier molecular flexibility index (Phi) is 5.41. The van der Waals surface area contributed by atoms with E-state index in [1.807, 2.05) is 6.07 Å². The van der Waals surface area contributed by atoms with Crippen LogP contribution in [0.25, 0.3) is 0 Å². The van der Waals surface area contributed by atoms with Crippen molar-refractivity contribution in [3.05, 3.63) is 23.8 Å². The van der Waals surface area contributed by atoms with Gasteiger partial charge in [0.05, 0.1) is 13.2 Å². The van der Waals surface area contributed by atoms with E-state index in [1.165, 1.54) is 5.56 Å². The zero-order valence-electron chi connectivity index (χ0n) is 14.4. The number of rotatable bonds is 5. The minimum atomic E-state index is 0.282. The second kappa shape index (κ2) is 7.51. The number of ether oxygens (including phenoxy) is 3. The highest BCUT2D eigenvalue weighted by molar-refractivity contribution is 5.44. The average Bonchev–Trinajstić information content (AvgIpc) is 2.59. The third-order valence-electron chi connectivity index (χ3n) is 4.77. The Balaban J connectivity index is 1.55. The topological polar surface area (TPSA) is 43.0 Å². The minimum Gasteiger partial charge on any atom is -0.486 e. The summed E-state index contributed by atoms with van der Waals surface area (Å²) < 4.78 is 16.8. The second-order valence-corrected chi connectivity index (χ2v) is 6.54. The van der Waals surface area contributed by atoms with Crippen LogP contribution in [-0.4, -0.2) is 56.5 Å². The molecule has 0 saturated carbocycles. The van der Waals surface area contributed by atoms with Crippen LogP contribution in [0.5, 0.6) is 11.5 Å². The molecule has 0 bridgehead atoms. The molecule has 0 spiro atoms. The number of nitrogens with zero attached hydrogens (tertiary/aromatic N) is 1. The summed E-state index contributed by atoms with van der Waals surface area (Å²) in [5.41, 5.74) is 1.23. The molecule has 2 aliphatic rings. The van der Waals surface area contributed by atoms with Crippen LogP contribution in [0.3, 0.4) is 0 Å². The summed E-state index contributed by atoms with van der Waals surface area (Å²) in [5, 5.41) is 3.64. The van der Waals surface area contributed by atoms with Gasteiger partial charge in [0, 0.05) is 31.2 Å². The molecule has 1 aromatic rings. The van der Waals surface area contributed by atoms with Crippen LogP contribution < -0.4 is 14.8 Å². The average molecular weight is 320 g/mol. The highest BCUT2D eigenvalue weighted by Crippen LogP contribution is 2.32. The van der Waals surface area contributed by atoms with Gasteiger partial charge < -0.3 is 19.5 Å². The van der Waals surface area contributed by atoms with Gasteiger partial charge in [-0.2, -0.15) is 0 Å². The zero-order chi connectivity index (χ0) is 16.2. The van der Waals surface area contributed by atoms with Crippen LogP contribution in [0, 0.1) is 0 Å². The highest BCUT2D eigenvalue weighted by atomic mass is 16.6. The SMILES string of the molecule is C[C@H](NC[C@@H](C)N1CCOC[C@@H]1C)c1ccc2c(c1)OCCO2. The molecule has 0 radical (unpaired) electrons. The van der Waals surface area contributed by atoms with Gasteiger partial charge in [0.1, 0.15) is 13.2 Å². The van der Waals surface area contributed by atoms with E-state index in [9.17, 15) is 0 Å². The van der Waals surface area contributed by atoms with Crippen molar-refractivity contribution in [1.29, 1.82) is 0 Å². The normalized spacial score (nSPS) is 24.2. The molecular weight excluding hydrogens is 292 g/mol.